The molecule has 0 amide bonds. The van der Waals surface area contributed by atoms with Crippen LogP contribution in [0.25, 0.3) is 0 Å². The van der Waals surface area contributed by atoms with Crippen molar-refractivity contribution in [1.29, 1.82) is 0 Å². The van der Waals surface area contributed by atoms with Gasteiger partial charge in [0.2, 0.25) is 0 Å². The van der Waals surface area contributed by atoms with E-state index in [0.29, 0.717) is 31.9 Å². The summed E-state index contributed by atoms with van der Waals surface area (Å²) in [5.41, 5.74) is 4.99. The van der Waals surface area contributed by atoms with Gasteiger partial charge < -0.3 is 24.8 Å². The molecular weight excluding hydrogens is 422 g/mol. The Morgan fingerprint density at radius 3 is 2.64 bits per heavy atom. The van der Waals surface area contributed by atoms with Gasteiger partial charge in [-0.1, -0.05) is 11.3 Å². The minimum atomic E-state index is -0.454. The van der Waals surface area contributed by atoms with Gasteiger partial charge in [0.15, 0.2) is 11.5 Å². The highest BCUT2D eigenvalue weighted by Crippen LogP contribution is 2.43. The molecule has 3 aromatic rings. The van der Waals surface area contributed by atoms with Gasteiger partial charge in [-0.3, -0.25) is 4.68 Å². The molecule has 2 heterocycles. The topological polar surface area (TPSA) is 110 Å². The molecule has 8 nitrogen and oxygen atoms in total. The molecule has 0 saturated heterocycles. The Bertz CT molecular complexity index is 1170. The molecule has 4 rings (SSSR count). The van der Waals surface area contributed by atoms with Crippen molar-refractivity contribution >= 4 is 0 Å². The van der Waals surface area contributed by atoms with Crippen LogP contribution in [0.15, 0.2) is 24.4 Å². The second-order valence-electron chi connectivity index (χ2n) is 9.12. The highest BCUT2D eigenvalue weighted by molar-refractivity contribution is 5.58. The lowest BCUT2D eigenvalue weighted by Gasteiger charge is -2.37. The first-order valence-electron chi connectivity index (χ1n) is 11.1. The molecule has 0 fully saturated rings. The largest absolute Gasteiger partial charge is 0.507 e. The van der Waals surface area contributed by atoms with Crippen LogP contribution in [-0.4, -0.2) is 42.5 Å². The van der Waals surface area contributed by atoms with Gasteiger partial charge in [-0.2, -0.15) is 0 Å². The van der Waals surface area contributed by atoms with Crippen LogP contribution in [0.2, 0.25) is 0 Å². The van der Waals surface area contributed by atoms with E-state index in [1.54, 1.807) is 16.8 Å². The summed E-state index contributed by atoms with van der Waals surface area (Å²) in [6, 6.07) is 4.79. The maximum atomic E-state index is 10.4. The van der Waals surface area contributed by atoms with Gasteiger partial charge in [0.1, 0.15) is 22.8 Å². The predicted octanol–water partition coefficient (Wildman–Crippen LogP) is 3.86. The number of fused-ring (bicyclic) bond motifs is 1. The van der Waals surface area contributed by atoms with Crippen LogP contribution in [0.1, 0.15) is 46.9 Å². The van der Waals surface area contributed by atoms with E-state index in [0.717, 1.165) is 52.1 Å². The van der Waals surface area contributed by atoms with Gasteiger partial charge in [-0.15, -0.1) is 5.10 Å². The number of rotatable bonds is 7. The quantitative estimate of drug-likeness (QED) is 0.466. The fourth-order valence-corrected chi connectivity index (χ4v) is 4.25. The molecular formula is C25H31N3O5. The SMILES string of the molecule is Cc1c(C)c2c(c(C)c1O)CCC(C)(COCc1cn(CCc3ccc(O)c(O)c3)nn1)O2. The number of nitrogens with zero attached hydrogens (tertiary/aromatic N) is 3. The minimum Gasteiger partial charge on any atom is -0.507 e. The smallest absolute Gasteiger partial charge is 0.157 e. The van der Waals surface area contributed by atoms with E-state index in [-0.39, 0.29) is 11.5 Å². The first-order chi connectivity index (χ1) is 15.7. The zero-order valence-corrected chi connectivity index (χ0v) is 19.6. The number of aromatic nitrogens is 3. The maximum Gasteiger partial charge on any atom is 0.157 e. The Morgan fingerprint density at radius 2 is 1.88 bits per heavy atom. The van der Waals surface area contributed by atoms with Gasteiger partial charge in [0.25, 0.3) is 0 Å². The van der Waals surface area contributed by atoms with Crippen LogP contribution in [0.4, 0.5) is 0 Å². The van der Waals surface area contributed by atoms with E-state index < -0.39 is 5.60 Å². The van der Waals surface area contributed by atoms with Crippen LogP contribution in [0, 0.1) is 20.8 Å². The van der Waals surface area contributed by atoms with Crippen molar-refractivity contribution < 1.29 is 24.8 Å². The maximum absolute atomic E-state index is 10.4. The highest BCUT2D eigenvalue weighted by Gasteiger charge is 2.35. The fourth-order valence-electron chi connectivity index (χ4n) is 4.25. The zero-order chi connectivity index (χ0) is 23.8. The highest BCUT2D eigenvalue weighted by atomic mass is 16.5. The molecule has 1 aliphatic rings. The number of benzene rings is 2. The number of hydrogen-bond acceptors (Lipinski definition) is 7. The van der Waals surface area contributed by atoms with Crippen LogP contribution >= 0.6 is 0 Å². The van der Waals surface area contributed by atoms with Crippen molar-refractivity contribution in [2.75, 3.05) is 6.61 Å². The third kappa shape index (κ3) is 4.75. The monoisotopic (exact) mass is 453 g/mol. The summed E-state index contributed by atoms with van der Waals surface area (Å²) in [6.45, 7) is 9.24. The standard InChI is InChI=1S/C25H31N3O5/c1-15-16(2)24-20(17(3)23(15)31)7-9-25(4,33-24)14-32-13-19-12-28(27-26-19)10-8-18-5-6-21(29)22(30)11-18/h5-6,11-12,29-31H,7-10,13-14H2,1-4H3. The Morgan fingerprint density at radius 1 is 1.09 bits per heavy atom. The summed E-state index contributed by atoms with van der Waals surface area (Å²) >= 11 is 0. The average molecular weight is 454 g/mol. The molecule has 8 heteroatoms. The Kier molecular flexibility index (Phi) is 6.21. The lowest BCUT2D eigenvalue weighted by Crippen LogP contribution is -2.41. The van der Waals surface area contributed by atoms with Crippen molar-refractivity contribution in [2.45, 2.75) is 65.7 Å². The molecule has 2 aromatic carbocycles. The van der Waals surface area contributed by atoms with Crippen molar-refractivity contribution in [3.63, 3.8) is 0 Å². The lowest BCUT2D eigenvalue weighted by atomic mass is 9.87. The van der Waals surface area contributed by atoms with E-state index >= 15 is 0 Å². The van der Waals surface area contributed by atoms with E-state index in [9.17, 15) is 15.3 Å². The van der Waals surface area contributed by atoms with Crippen molar-refractivity contribution in [3.8, 4) is 23.0 Å². The van der Waals surface area contributed by atoms with Crippen molar-refractivity contribution in [3.05, 3.63) is 57.9 Å². The summed E-state index contributed by atoms with van der Waals surface area (Å²) in [6.07, 6.45) is 4.13. The second-order valence-corrected chi connectivity index (χ2v) is 9.12. The average Bonchev–Trinajstić information content (AvgIpc) is 3.24. The first-order valence-corrected chi connectivity index (χ1v) is 11.1. The van der Waals surface area contributed by atoms with Crippen LogP contribution in [0.3, 0.4) is 0 Å². The molecule has 3 N–H and O–H groups in total. The van der Waals surface area contributed by atoms with Crippen LogP contribution < -0.4 is 4.74 Å². The normalized spacial score (nSPS) is 17.6. The molecule has 1 atom stereocenters. The third-order valence-corrected chi connectivity index (χ3v) is 6.51. The van der Waals surface area contributed by atoms with Gasteiger partial charge in [-0.05, 0) is 81.3 Å². The molecule has 0 bridgehead atoms. The summed E-state index contributed by atoms with van der Waals surface area (Å²) in [4.78, 5) is 0. The number of aryl methyl sites for hydroxylation is 2. The molecule has 1 unspecified atom stereocenters. The van der Waals surface area contributed by atoms with E-state index in [1.807, 2.05) is 27.0 Å². The molecule has 0 spiro atoms. The fraction of sp³-hybridized carbons (Fsp3) is 0.440. The second kappa shape index (κ2) is 8.94. The van der Waals surface area contributed by atoms with E-state index in [4.69, 9.17) is 9.47 Å². The summed E-state index contributed by atoms with van der Waals surface area (Å²) in [5, 5.41) is 37.7. The van der Waals surface area contributed by atoms with Gasteiger partial charge in [0, 0.05) is 12.1 Å². The van der Waals surface area contributed by atoms with Crippen LogP contribution in [-0.2, 0) is 30.7 Å². The Balaban J connectivity index is 1.32. The predicted molar refractivity (Wildman–Crippen MR) is 123 cm³/mol. The number of ether oxygens (including phenoxy) is 2. The molecule has 1 aromatic heterocycles. The Labute approximate surface area is 193 Å². The molecule has 0 aliphatic carbocycles. The molecule has 0 radical (unpaired) electrons. The van der Waals surface area contributed by atoms with E-state index in [1.165, 1.54) is 6.07 Å². The molecule has 1 aliphatic heterocycles. The molecule has 33 heavy (non-hydrogen) atoms. The van der Waals surface area contributed by atoms with Gasteiger partial charge in [0.05, 0.1) is 19.4 Å². The zero-order valence-electron chi connectivity index (χ0n) is 19.6. The van der Waals surface area contributed by atoms with Crippen LogP contribution in [0.5, 0.6) is 23.0 Å². The minimum absolute atomic E-state index is 0.126. The number of aromatic hydroxyl groups is 3. The van der Waals surface area contributed by atoms with Crippen molar-refractivity contribution in [2.24, 2.45) is 0 Å². The number of phenolic OH excluding ortho intramolecular Hbond substituents is 3. The van der Waals surface area contributed by atoms with Gasteiger partial charge >= 0.3 is 0 Å². The third-order valence-electron chi connectivity index (χ3n) is 6.51. The number of hydrogen-bond donors (Lipinski definition) is 3. The molecule has 0 saturated carbocycles. The number of phenols is 3. The first kappa shape index (κ1) is 22.9. The summed E-state index contributed by atoms with van der Waals surface area (Å²) < 4.78 is 14.1. The Hall–Kier alpha value is -3.26. The van der Waals surface area contributed by atoms with Crippen molar-refractivity contribution in [1.82, 2.24) is 15.0 Å². The van der Waals surface area contributed by atoms with E-state index in [2.05, 4.69) is 17.2 Å². The molecule has 176 valence electrons. The van der Waals surface area contributed by atoms with Gasteiger partial charge in [-0.25, -0.2) is 0 Å². The summed E-state index contributed by atoms with van der Waals surface area (Å²) in [7, 11) is 0. The summed E-state index contributed by atoms with van der Waals surface area (Å²) in [5.74, 6) is 0.974. The lowest BCUT2D eigenvalue weighted by molar-refractivity contribution is -0.0348.